The number of hydrogen-bond donors (Lipinski definition) is 0. The maximum atomic E-state index is 12.6. The first-order chi connectivity index (χ1) is 11.6. The van der Waals surface area contributed by atoms with E-state index in [1.807, 2.05) is 30.3 Å². The highest BCUT2D eigenvalue weighted by Gasteiger charge is 2.31. The molecule has 2 aromatic heterocycles. The molecule has 0 fully saturated rings. The standard InChI is InChI=1S/C17H17N5O2/c1-11-9-21(17(23)14-8-12(2)24-20-14)10-15-18-19-16(22(11)15)13-6-4-3-5-7-13/h3-8,11H,9-10H2,1-2H3/t11-/m0/s1. The highest BCUT2D eigenvalue weighted by molar-refractivity contribution is 5.92. The molecule has 0 saturated carbocycles. The van der Waals surface area contributed by atoms with Crippen LogP contribution >= 0.6 is 0 Å². The molecule has 4 rings (SSSR count). The van der Waals surface area contributed by atoms with E-state index in [-0.39, 0.29) is 11.9 Å². The molecule has 122 valence electrons. The van der Waals surface area contributed by atoms with E-state index in [0.29, 0.717) is 24.5 Å². The summed E-state index contributed by atoms with van der Waals surface area (Å²) in [6, 6.07) is 11.7. The predicted molar refractivity (Wildman–Crippen MR) is 86.1 cm³/mol. The molecule has 0 saturated heterocycles. The van der Waals surface area contributed by atoms with Crippen molar-refractivity contribution in [1.82, 2.24) is 24.8 Å². The lowest BCUT2D eigenvalue weighted by molar-refractivity contribution is 0.0671. The first-order valence-corrected chi connectivity index (χ1v) is 7.85. The lowest BCUT2D eigenvalue weighted by Crippen LogP contribution is -2.40. The van der Waals surface area contributed by atoms with Crippen molar-refractivity contribution in [3.05, 3.63) is 53.7 Å². The Hall–Kier alpha value is -2.96. The fourth-order valence-electron chi connectivity index (χ4n) is 3.10. The number of nitrogens with zero attached hydrogens (tertiary/aromatic N) is 5. The second-order valence-electron chi connectivity index (χ2n) is 6.03. The molecule has 24 heavy (non-hydrogen) atoms. The van der Waals surface area contributed by atoms with Crippen LogP contribution < -0.4 is 0 Å². The summed E-state index contributed by atoms with van der Waals surface area (Å²) in [5, 5.41) is 12.4. The van der Waals surface area contributed by atoms with E-state index in [1.165, 1.54) is 0 Å². The van der Waals surface area contributed by atoms with Gasteiger partial charge in [0.1, 0.15) is 5.76 Å². The van der Waals surface area contributed by atoms with E-state index in [2.05, 4.69) is 26.8 Å². The smallest absolute Gasteiger partial charge is 0.276 e. The Morgan fingerprint density at radius 1 is 1.25 bits per heavy atom. The van der Waals surface area contributed by atoms with E-state index in [4.69, 9.17) is 4.52 Å². The molecule has 7 nitrogen and oxygen atoms in total. The van der Waals surface area contributed by atoms with Crippen LogP contribution in [0.25, 0.3) is 11.4 Å². The Morgan fingerprint density at radius 2 is 2.04 bits per heavy atom. The molecule has 3 heterocycles. The third kappa shape index (κ3) is 2.38. The summed E-state index contributed by atoms with van der Waals surface area (Å²) in [5.41, 5.74) is 1.35. The lowest BCUT2D eigenvalue weighted by Gasteiger charge is -2.32. The van der Waals surface area contributed by atoms with E-state index in [1.54, 1.807) is 17.9 Å². The molecule has 0 radical (unpaired) electrons. The number of amides is 1. The Morgan fingerprint density at radius 3 is 2.75 bits per heavy atom. The van der Waals surface area contributed by atoms with Crippen molar-refractivity contribution in [2.75, 3.05) is 6.54 Å². The van der Waals surface area contributed by atoms with Crippen LogP contribution in [0.4, 0.5) is 0 Å². The maximum absolute atomic E-state index is 12.6. The van der Waals surface area contributed by atoms with Crippen LogP contribution in [0.2, 0.25) is 0 Å². The number of rotatable bonds is 2. The van der Waals surface area contributed by atoms with Crippen LogP contribution in [0.15, 0.2) is 40.9 Å². The van der Waals surface area contributed by atoms with Gasteiger partial charge in [-0.15, -0.1) is 10.2 Å². The van der Waals surface area contributed by atoms with Crippen LogP contribution in [-0.2, 0) is 6.54 Å². The van der Waals surface area contributed by atoms with Crippen molar-refractivity contribution in [3.63, 3.8) is 0 Å². The van der Waals surface area contributed by atoms with Crippen molar-refractivity contribution in [2.24, 2.45) is 0 Å². The zero-order valence-corrected chi connectivity index (χ0v) is 13.5. The van der Waals surface area contributed by atoms with Gasteiger partial charge in [0.15, 0.2) is 17.3 Å². The summed E-state index contributed by atoms with van der Waals surface area (Å²) >= 11 is 0. The minimum Gasteiger partial charge on any atom is -0.361 e. The monoisotopic (exact) mass is 323 g/mol. The van der Waals surface area contributed by atoms with E-state index < -0.39 is 0 Å². The molecule has 0 aliphatic carbocycles. The fraction of sp³-hybridized carbons (Fsp3) is 0.294. The summed E-state index contributed by atoms with van der Waals surface area (Å²) in [4.78, 5) is 14.3. The lowest BCUT2D eigenvalue weighted by atomic mass is 10.1. The molecule has 1 aliphatic rings. The number of fused-ring (bicyclic) bond motifs is 1. The number of carbonyl (C=O) groups is 1. The van der Waals surface area contributed by atoms with Crippen LogP contribution in [0.3, 0.4) is 0 Å². The van der Waals surface area contributed by atoms with Crippen molar-refractivity contribution < 1.29 is 9.32 Å². The second-order valence-corrected chi connectivity index (χ2v) is 6.03. The Labute approximate surface area is 138 Å². The number of hydrogen-bond acceptors (Lipinski definition) is 5. The van der Waals surface area contributed by atoms with Crippen LogP contribution in [0, 0.1) is 6.92 Å². The van der Waals surface area contributed by atoms with Crippen molar-refractivity contribution >= 4 is 5.91 Å². The van der Waals surface area contributed by atoms with Gasteiger partial charge in [-0.1, -0.05) is 35.5 Å². The third-order valence-corrected chi connectivity index (χ3v) is 4.19. The van der Waals surface area contributed by atoms with Gasteiger partial charge in [0.05, 0.1) is 12.6 Å². The van der Waals surface area contributed by atoms with Crippen LogP contribution in [-0.4, -0.2) is 37.3 Å². The highest BCUT2D eigenvalue weighted by Crippen LogP contribution is 2.27. The maximum Gasteiger partial charge on any atom is 0.276 e. The molecule has 0 N–H and O–H groups in total. The van der Waals surface area contributed by atoms with Gasteiger partial charge in [0, 0.05) is 18.2 Å². The Bertz CT molecular complexity index is 884. The minimum atomic E-state index is -0.144. The number of benzene rings is 1. The summed E-state index contributed by atoms with van der Waals surface area (Å²) in [6.45, 7) is 4.82. The van der Waals surface area contributed by atoms with Crippen LogP contribution in [0.1, 0.15) is 35.0 Å². The normalized spacial score (nSPS) is 16.9. The van der Waals surface area contributed by atoms with Gasteiger partial charge in [0.25, 0.3) is 5.91 Å². The van der Waals surface area contributed by atoms with Gasteiger partial charge in [-0.25, -0.2) is 0 Å². The molecule has 0 unspecified atom stereocenters. The van der Waals surface area contributed by atoms with E-state index in [0.717, 1.165) is 17.2 Å². The molecular formula is C17H17N5O2. The number of aryl methyl sites for hydroxylation is 1. The summed E-state index contributed by atoms with van der Waals surface area (Å²) in [7, 11) is 0. The number of carbonyl (C=O) groups excluding carboxylic acids is 1. The fourth-order valence-corrected chi connectivity index (χ4v) is 3.10. The summed E-state index contributed by atoms with van der Waals surface area (Å²) in [6.07, 6.45) is 0. The van der Waals surface area contributed by atoms with Crippen molar-refractivity contribution in [1.29, 1.82) is 0 Å². The summed E-state index contributed by atoms with van der Waals surface area (Å²) in [5.74, 6) is 2.09. The topological polar surface area (TPSA) is 77.1 Å². The average Bonchev–Trinajstić information content (AvgIpc) is 3.21. The predicted octanol–water partition coefficient (Wildman–Crippen LogP) is 2.46. The molecule has 1 aliphatic heterocycles. The molecular weight excluding hydrogens is 306 g/mol. The van der Waals surface area contributed by atoms with E-state index in [9.17, 15) is 4.79 Å². The Kier molecular flexibility index (Phi) is 3.41. The molecule has 0 spiro atoms. The first-order valence-electron chi connectivity index (χ1n) is 7.85. The third-order valence-electron chi connectivity index (χ3n) is 4.19. The molecule has 7 heteroatoms. The van der Waals surface area contributed by atoms with Crippen LogP contribution in [0.5, 0.6) is 0 Å². The van der Waals surface area contributed by atoms with Gasteiger partial charge in [-0.2, -0.15) is 0 Å². The Balaban J connectivity index is 1.65. The van der Waals surface area contributed by atoms with Gasteiger partial charge < -0.3 is 14.0 Å². The van der Waals surface area contributed by atoms with Gasteiger partial charge >= 0.3 is 0 Å². The first kappa shape index (κ1) is 14.6. The molecule has 1 amide bonds. The molecule has 3 aromatic rings. The zero-order chi connectivity index (χ0) is 16.7. The van der Waals surface area contributed by atoms with Gasteiger partial charge in [-0.05, 0) is 13.8 Å². The SMILES string of the molecule is Cc1cc(C(=O)N2Cc3nnc(-c4ccccc4)n3[C@@H](C)C2)no1. The molecule has 1 atom stereocenters. The van der Waals surface area contributed by atoms with Crippen molar-refractivity contribution in [3.8, 4) is 11.4 Å². The summed E-state index contributed by atoms with van der Waals surface area (Å²) < 4.78 is 7.11. The molecule has 0 bridgehead atoms. The quantitative estimate of drug-likeness (QED) is 0.724. The number of aromatic nitrogens is 4. The minimum absolute atomic E-state index is 0.0795. The largest absolute Gasteiger partial charge is 0.361 e. The van der Waals surface area contributed by atoms with E-state index >= 15 is 0 Å². The second kappa shape index (κ2) is 5.59. The average molecular weight is 323 g/mol. The molecule has 1 aromatic carbocycles. The zero-order valence-electron chi connectivity index (χ0n) is 13.5. The highest BCUT2D eigenvalue weighted by atomic mass is 16.5. The van der Waals surface area contributed by atoms with Gasteiger partial charge in [0.2, 0.25) is 0 Å². The van der Waals surface area contributed by atoms with Gasteiger partial charge in [-0.3, -0.25) is 4.79 Å². The van der Waals surface area contributed by atoms with Crippen molar-refractivity contribution in [2.45, 2.75) is 26.4 Å².